The number of aliphatic carboxylic acids is 1. The molecule has 0 atom stereocenters. The molecule has 2 aromatic rings. The lowest BCUT2D eigenvalue weighted by atomic mass is 10.1. The van der Waals surface area contributed by atoms with Gasteiger partial charge in [-0.25, -0.2) is 18.7 Å². The molecule has 0 aliphatic rings. The smallest absolute Gasteiger partial charge is 0.303 e. The van der Waals surface area contributed by atoms with Crippen LogP contribution in [0.5, 0.6) is 0 Å². The van der Waals surface area contributed by atoms with Gasteiger partial charge in [-0.2, -0.15) is 0 Å². The zero-order valence-corrected chi connectivity index (χ0v) is 9.81. The van der Waals surface area contributed by atoms with Crippen LogP contribution in [0.15, 0.2) is 30.5 Å². The molecule has 0 saturated carbocycles. The van der Waals surface area contributed by atoms with E-state index in [1.807, 2.05) is 0 Å². The van der Waals surface area contributed by atoms with Gasteiger partial charge in [0.1, 0.15) is 17.5 Å². The van der Waals surface area contributed by atoms with Gasteiger partial charge < -0.3 is 5.11 Å². The number of aryl methyl sites for hydroxylation is 1. The molecule has 1 aromatic heterocycles. The molecule has 0 spiro atoms. The molecular weight excluding hydrogens is 254 g/mol. The predicted octanol–water partition coefficient (Wildman–Crippen LogP) is 2.44. The van der Waals surface area contributed by atoms with E-state index >= 15 is 0 Å². The zero-order valence-electron chi connectivity index (χ0n) is 9.81. The van der Waals surface area contributed by atoms with Gasteiger partial charge in [-0.15, -0.1) is 0 Å². The lowest BCUT2D eigenvalue weighted by molar-refractivity contribution is -0.137. The number of halogens is 2. The highest BCUT2D eigenvalue weighted by Gasteiger charge is 2.09. The first-order valence-corrected chi connectivity index (χ1v) is 5.55. The number of hydrogen-bond acceptors (Lipinski definition) is 3. The summed E-state index contributed by atoms with van der Waals surface area (Å²) in [5, 5.41) is 8.58. The number of carboxylic acid groups (broad SMARTS) is 1. The van der Waals surface area contributed by atoms with Crippen molar-refractivity contribution in [3.8, 4) is 11.3 Å². The molecule has 0 aliphatic carbocycles. The molecule has 1 heterocycles. The van der Waals surface area contributed by atoms with Gasteiger partial charge in [-0.05, 0) is 24.3 Å². The minimum Gasteiger partial charge on any atom is -0.481 e. The van der Waals surface area contributed by atoms with Crippen LogP contribution in [0.3, 0.4) is 0 Å². The quantitative estimate of drug-likeness (QED) is 0.921. The van der Waals surface area contributed by atoms with Crippen LogP contribution in [0.1, 0.15) is 12.2 Å². The van der Waals surface area contributed by atoms with Crippen LogP contribution < -0.4 is 0 Å². The number of benzene rings is 1. The van der Waals surface area contributed by atoms with Crippen LogP contribution in [0.4, 0.5) is 8.78 Å². The van der Waals surface area contributed by atoms with Gasteiger partial charge in [-0.1, -0.05) is 0 Å². The van der Waals surface area contributed by atoms with Crippen molar-refractivity contribution >= 4 is 5.97 Å². The Hall–Kier alpha value is -2.37. The summed E-state index contributed by atoms with van der Waals surface area (Å²) in [6, 6.07) is 4.52. The first-order valence-electron chi connectivity index (χ1n) is 5.55. The number of rotatable bonds is 4. The minimum absolute atomic E-state index is 0.0268. The second-order valence-corrected chi connectivity index (χ2v) is 3.88. The molecule has 0 bridgehead atoms. The van der Waals surface area contributed by atoms with E-state index in [1.54, 1.807) is 0 Å². The van der Waals surface area contributed by atoms with Crippen LogP contribution in [-0.4, -0.2) is 21.0 Å². The second-order valence-electron chi connectivity index (χ2n) is 3.88. The number of nitrogens with zero attached hydrogens (tertiary/aromatic N) is 2. The third-order valence-electron chi connectivity index (χ3n) is 2.47. The minimum atomic E-state index is -0.967. The van der Waals surface area contributed by atoms with Crippen LogP contribution >= 0.6 is 0 Å². The Labute approximate surface area is 107 Å². The second kappa shape index (κ2) is 5.51. The molecule has 0 radical (unpaired) electrons. The lowest BCUT2D eigenvalue weighted by Gasteiger charge is -2.04. The van der Waals surface area contributed by atoms with Gasteiger partial charge in [0.2, 0.25) is 0 Å². The maximum absolute atomic E-state index is 13.6. The molecule has 1 aromatic carbocycles. The molecule has 98 valence electrons. The normalized spacial score (nSPS) is 10.4. The van der Waals surface area contributed by atoms with Gasteiger partial charge in [0, 0.05) is 18.2 Å². The molecule has 1 N–H and O–H groups in total. The van der Waals surface area contributed by atoms with Crippen LogP contribution in [0.2, 0.25) is 0 Å². The average molecular weight is 264 g/mol. The van der Waals surface area contributed by atoms with Crippen LogP contribution in [0.25, 0.3) is 11.3 Å². The number of carboxylic acids is 1. The Bertz CT molecular complexity index is 617. The summed E-state index contributed by atoms with van der Waals surface area (Å²) in [4.78, 5) is 18.4. The summed E-state index contributed by atoms with van der Waals surface area (Å²) in [6.07, 6.45) is 1.42. The van der Waals surface area contributed by atoms with Gasteiger partial charge in [0.15, 0.2) is 0 Å². The fourth-order valence-corrected chi connectivity index (χ4v) is 1.58. The van der Waals surface area contributed by atoms with E-state index < -0.39 is 17.6 Å². The van der Waals surface area contributed by atoms with Crippen molar-refractivity contribution in [3.63, 3.8) is 0 Å². The van der Waals surface area contributed by atoms with E-state index in [0.717, 1.165) is 18.2 Å². The number of carbonyl (C=O) groups is 1. The molecule has 0 amide bonds. The van der Waals surface area contributed by atoms with E-state index in [-0.39, 0.29) is 29.9 Å². The topological polar surface area (TPSA) is 63.1 Å². The molecule has 0 fully saturated rings. The third-order valence-corrected chi connectivity index (χ3v) is 2.47. The lowest BCUT2D eigenvalue weighted by Crippen LogP contribution is -2.02. The summed E-state index contributed by atoms with van der Waals surface area (Å²) in [5.74, 6) is -1.85. The van der Waals surface area contributed by atoms with E-state index in [2.05, 4.69) is 9.97 Å². The van der Waals surface area contributed by atoms with Crippen molar-refractivity contribution in [2.24, 2.45) is 0 Å². The molecule has 2 rings (SSSR count). The van der Waals surface area contributed by atoms with E-state index in [0.29, 0.717) is 0 Å². The van der Waals surface area contributed by atoms with E-state index in [9.17, 15) is 13.6 Å². The molecule has 0 saturated heterocycles. The Balaban J connectivity index is 2.32. The van der Waals surface area contributed by atoms with Gasteiger partial charge in [0.25, 0.3) is 0 Å². The maximum Gasteiger partial charge on any atom is 0.303 e. The van der Waals surface area contributed by atoms with Crippen molar-refractivity contribution in [1.82, 2.24) is 9.97 Å². The maximum atomic E-state index is 13.6. The van der Waals surface area contributed by atoms with Gasteiger partial charge in [-0.3, -0.25) is 4.79 Å². The van der Waals surface area contributed by atoms with E-state index in [4.69, 9.17) is 5.11 Å². The first kappa shape index (κ1) is 13.1. The Morgan fingerprint density at radius 1 is 1.26 bits per heavy atom. The Kier molecular flexibility index (Phi) is 3.79. The van der Waals surface area contributed by atoms with Crippen molar-refractivity contribution in [2.75, 3.05) is 0 Å². The fourth-order valence-electron chi connectivity index (χ4n) is 1.58. The van der Waals surface area contributed by atoms with Crippen LogP contribution in [0, 0.1) is 11.6 Å². The summed E-state index contributed by atoms with van der Waals surface area (Å²) in [7, 11) is 0. The number of hydrogen-bond donors (Lipinski definition) is 1. The number of aromatic nitrogens is 2. The Morgan fingerprint density at radius 2 is 2.05 bits per heavy atom. The molecular formula is C13H10F2N2O2. The van der Waals surface area contributed by atoms with Crippen molar-refractivity contribution in [3.05, 3.63) is 47.9 Å². The summed E-state index contributed by atoms with van der Waals surface area (Å²) >= 11 is 0. The molecule has 0 aliphatic heterocycles. The average Bonchev–Trinajstić information content (AvgIpc) is 2.39. The Morgan fingerprint density at radius 3 is 2.79 bits per heavy atom. The predicted molar refractivity (Wildman–Crippen MR) is 63.3 cm³/mol. The highest BCUT2D eigenvalue weighted by atomic mass is 19.1. The molecule has 0 unspecified atom stereocenters. The summed E-state index contributed by atoms with van der Waals surface area (Å²) in [5.41, 5.74) is 0.256. The van der Waals surface area contributed by atoms with Crippen molar-refractivity contribution in [2.45, 2.75) is 12.8 Å². The molecule has 19 heavy (non-hydrogen) atoms. The first-order chi connectivity index (χ1) is 9.06. The van der Waals surface area contributed by atoms with Gasteiger partial charge in [0.05, 0.1) is 12.1 Å². The SMILES string of the molecule is O=C(O)CCc1nccc(-c2cc(F)ccc2F)n1. The van der Waals surface area contributed by atoms with Crippen LogP contribution in [-0.2, 0) is 11.2 Å². The summed E-state index contributed by atoms with van der Waals surface area (Å²) in [6.45, 7) is 0. The largest absolute Gasteiger partial charge is 0.481 e. The summed E-state index contributed by atoms with van der Waals surface area (Å²) < 4.78 is 26.7. The monoisotopic (exact) mass is 264 g/mol. The molecule has 6 heteroatoms. The zero-order chi connectivity index (χ0) is 13.8. The third kappa shape index (κ3) is 3.31. The van der Waals surface area contributed by atoms with E-state index in [1.165, 1.54) is 12.3 Å². The fraction of sp³-hybridized carbons (Fsp3) is 0.154. The highest BCUT2D eigenvalue weighted by molar-refractivity contribution is 5.67. The van der Waals surface area contributed by atoms with Crippen molar-refractivity contribution < 1.29 is 18.7 Å². The standard InChI is InChI=1S/C13H10F2N2O2/c14-8-1-2-10(15)9(7-8)11-5-6-16-12(17-11)3-4-13(18)19/h1-2,5-7H,3-4H2,(H,18,19). The van der Waals surface area contributed by atoms with Gasteiger partial charge >= 0.3 is 5.97 Å². The van der Waals surface area contributed by atoms with Crippen molar-refractivity contribution in [1.29, 1.82) is 0 Å². The highest BCUT2D eigenvalue weighted by Crippen LogP contribution is 2.21. The molecule has 4 nitrogen and oxygen atoms in total.